The molecule has 0 saturated carbocycles. The molecule has 0 unspecified atom stereocenters. The number of hydrogen-bond donors (Lipinski definition) is 2. The van der Waals surface area contributed by atoms with Crippen LogP contribution in [-0.4, -0.2) is 27.9 Å². The number of nitrogens with zero attached hydrogens (tertiary/aromatic N) is 2. The average molecular weight is 461 g/mol. The molecular formula is C25H24N4O3S. The number of benzene rings is 2. The van der Waals surface area contributed by atoms with E-state index in [0.717, 1.165) is 27.1 Å². The van der Waals surface area contributed by atoms with Crippen molar-refractivity contribution in [1.29, 1.82) is 0 Å². The summed E-state index contributed by atoms with van der Waals surface area (Å²) in [5.41, 5.74) is 4.25. The summed E-state index contributed by atoms with van der Waals surface area (Å²) in [4.78, 5) is 44.0. The predicted molar refractivity (Wildman–Crippen MR) is 132 cm³/mol. The van der Waals surface area contributed by atoms with E-state index in [-0.39, 0.29) is 24.6 Å². The van der Waals surface area contributed by atoms with Crippen LogP contribution in [0.1, 0.15) is 16.0 Å². The lowest BCUT2D eigenvalue weighted by atomic mass is 10.0. The summed E-state index contributed by atoms with van der Waals surface area (Å²) < 4.78 is 1.28. The Bertz CT molecular complexity index is 1410. The van der Waals surface area contributed by atoms with Gasteiger partial charge in [-0.05, 0) is 43.5 Å². The largest absolute Gasteiger partial charge is 0.345 e. The van der Waals surface area contributed by atoms with E-state index in [1.807, 2.05) is 69.3 Å². The lowest BCUT2D eigenvalue weighted by Gasteiger charge is -2.11. The molecule has 4 aromatic rings. The third-order valence-electron chi connectivity index (χ3n) is 5.56. The molecule has 0 radical (unpaired) electrons. The lowest BCUT2D eigenvalue weighted by molar-refractivity contribution is -0.124. The fourth-order valence-corrected chi connectivity index (χ4v) is 4.68. The van der Waals surface area contributed by atoms with Crippen molar-refractivity contribution in [3.63, 3.8) is 0 Å². The van der Waals surface area contributed by atoms with Crippen LogP contribution in [0.3, 0.4) is 0 Å². The number of thiophene rings is 1. The number of aryl methyl sites for hydroxylation is 2. The van der Waals surface area contributed by atoms with Crippen molar-refractivity contribution in [2.75, 3.05) is 11.9 Å². The quantitative estimate of drug-likeness (QED) is 0.458. The predicted octanol–water partition coefficient (Wildman–Crippen LogP) is 3.81. The highest BCUT2D eigenvalue weighted by Crippen LogP contribution is 2.35. The first-order valence-corrected chi connectivity index (χ1v) is 11.3. The molecule has 8 heteroatoms. The highest BCUT2D eigenvalue weighted by atomic mass is 32.1. The van der Waals surface area contributed by atoms with Gasteiger partial charge in [-0.1, -0.05) is 42.5 Å². The molecule has 168 valence electrons. The molecule has 0 bridgehead atoms. The molecule has 0 fully saturated rings. The normalized spacial score (nSPS) is 10.9. The lowest BCUT2D eigenvalue weighted by Crippen LogP contribution is -2.37. The third-order valence-corrected chi connectivity index (χ3v) is 6.57. The standard InChI is InChI=1S/C25H24N4O3S/c1-15-8-7-11-19(16(15)2)28-20(30)12-26-21(31)13-29-14-27-24-23(25(29)32)22(17(3)33-24)18-9-5-4-6-10-18/h4-11,14H,12-13H2,1-3H3,(H,26,31)(H,28,30). The molecule has 2 amide bonds. The number of anilines is 1. The smallest absolute Gasteiger partial charge is 0.263 e. The van der Waals surface area contributed by atoms with Crippen LogP contribution in [0.25, 0.3) is 21.3 Å². The van der Waals surface area contributed by atoms with Gasteiger partial charge in [-0.2, -0.15) is 0 Å². The zero-order chi connectivity index (χ0) is 23.5. The van der Waals surface area contributed by atoms with Crippen molar-refractivity contribution >= 4 is 39.1 Å². The topological polar surface area (TPSA) is 93.1 Å². The second kappa shape index (κ2) is 9.38. The van der Waals surface area contributed by atoms with E-state index in [2.05, 4.69) is 15.6 Å². The van der Waals surface area contributed by atoms with Gasteiger partial charge in [-0.15, -0.1) is 11.3 Å². The number of carbonyl (C=O) groups excluding carboxylic acids is 2. The van der Waals surface area contributed by atoms with Gasteiger partial charge in [0.1, 0.15) is 11.4 Å². The first-order valence-electron chi connectivity index (χ1n) is 10.5. The van der Waals surface area contributed by atoms with Gasteiger partial charge in [-0.3, -0.25) is 19.0 Å². The van der Waals surface area contributed by atoms with Crippen molar-refractivity contribution in [3.05, 3.63) is 81.2 Å². The Kier molecular flexibility index (Phi) is 6.37. The number of amides is 2. The molecule has 0 aliphatic heterocycles. The van der Waals surface area contributed by atoms with Crippen LogP contribution in [0.2, 0.25) is 0 Å². The number of hydrogen-bond acceptors (Lipinski definition) is 5. The maximum Gasteiger partial charge on any atom is 0.263 e. The zero-order valence-corrected chi connectivity index (χ0v) is 19.5. The van der Waals surface area contributed by atoms with Crippen molar-refractivity contribution < 1.29 is 9.59 Å². The van der Waals surface area contributed by atoms with Crippen LogP contribution in [-0.2, 0) is 16.1 Å². The van der Waals surface area contributed by atoms with Gasteiger partial charge in [0.2, 0.25) is 11.8 Å². The molecule has 33 heavy (non-hydrogen) atoms. The maximum absolute atomic E-state index is 13.2. The van der Waals surface area contributed by atoms with Gasteiger partial charge in [-0.25, -0.2) is 4.98 Å². The summed E-state index contributed by atoms with van der Waals surface area (Å²) in [6, 6.07) is 15.3. The minimum atomic E-state index is -0.442. The number of fused-ring (bicyclic) bond motifs is 1. The third kappa shape index (κ3) is 4.70. The van der Waals surface area contributed by atoms with Gasteiger partial charge < -0.3 is 10.6 Å². The fourth-order valence-electron chi connectivity index (χ4n) is 3.67. The Balaban J connectivity index is 1.48. The Morgan fingerprint density at radius 1 is 1.00 bits per heavy atom. The number of rotatable bonds is 6. The molecule has 0 spiro atoms. The van der Waals surface area contributed by atoms with Crippen LogP contribution in [0.4, 0.5) is 5.69 Å². The molecule has 2 heterocycles. The van der Waals surface area contributed by atoms with Crippen LogP contribution in [0, 0.1) is 20.8 Å². The van der Waals surface area contributed by atoms with Gasteiger partial charge in [0.05, 0.1) is 18.3 Å². The van der Waals surface area contributed by atoms with Gasteiger partial charge in [0.25, 0.3) is 5.56 Å². The summed E-state index contributed by atoms with van der Waals surface area (Å²) >= 11 is 1.45. The van der Waals surface area contributed by atoms with Crippen molar-refractivity contribution in [2.45, 2.75) is 27.3 Å². The average Bonchev–Trinajstić information content (AvgIpc) is 3.14. The first-order chi connectivity index (χ1) is 15.8. The number of carbonyl (C=O) groups is 2. The summed E-state index contributed by atoms with van der Waals surface area (Å²) in [6.45, 7) is 5.44. The van der Waals surface area contributed by atoms with E-state index in [0.29, 0.717) is 15.9 Å². The molecule has 0 aliphatic rings. The minimum Gasteiger partial charge on any atom is -0.345 e. The van der Waals surface area contributed by atoms with E-state index in [1.54, 1.807) is 0 Å². The Morgan fingerprint density at radius 3 is 2.52 bits per heavy atom. The van der Waals surface area contributed by atoms with E-state index >= 15 is 0 Å². The van der Waals surface area contributed by atoms with Crippen molar-refractivity contribution in [3.8, 4) is 11.1 Å². The Morgan fingerprint density at radius 2 is 1.76 bits per heavy atom. The summed E-state index contributed by atoms with van der Waals surface area (Å²) in [5.74, 6) is -0.777. The minimum absolute atomic E-state index is 0.191. The van der Waals surface area contributed by atoms with Gasteiger partial charge >= 0.3 is 0 Å². The molecule has 0 atom stereocenters. The second-order valence-corrected chi connectivity index (χ2v) is 9.03. The van der Waals surface area contributed by atoms with E-state index in [4.69, 9.17) is 0 Å². The molecule has 0 saturated heterocycles. The van der Waals surface area contributed by atoms with E-state index < -0.39 is 5.91 Å². The van der Waals surface area contributed by atoms with E-state index in [1.165, 1.54) is 22.2 Å². The fraction of sp³-hybridized carbons (Fsp3) is 0.200. The number of nitrogens with one attached hydrogen (secondary N) is 2. The second-order valence-electron chi connectivity index (χ2n) is 7.83. The Labute approximate surface area is 195 Å². The first kappa shape index (κ1) is 22.4. The van der Waals surface area contributed by atoms with E-state index in [9.17, 15) is 14.4 Å². The zero-order valence-electron chi connectivity index (χ0n) is 18.6. The molecule has 7 nitrogen and oxygen atoms in total. The van der Waals surface area contributed by atoms with Crippen LogP contribution in [0.5, 0.6) is 0 Å². The number of aromatic nitrogens is 2. The molecule has 4 rings (SSSR count). The summed E-state index contributed by atoms with van der Waals surface area (Å²) in [6.07, 6.45) is 1.38. The highest BCUT2D eigenvalue weighted by molar-refractivity contribution is 7.19. The summed E-state index contributed by atoms with van der Waals surface area (Å²) in [7, 11) is 0. The molecule has 0 aliphatic carbocycles. The van der Waals surface area contributed by atoms with Crippen LogP contribution in [0.15, 0.2) is 59.7 Å². The maximum atomic E-state index is 13.2. The van der Waals surface area contributed by atoms with Crippen LogP contribution >= 0.6 is 11.3 Å². The monoisotopic (exact) mass is 460 g/mol. The van der Waals surface area contributed by atoms with Crippen LogP contribution < -0.4 is 16.2 Å². The van der Waals surface area contributed by atoms with Gasteiger partial charge in [0, 0.05) is 16.1 Å². The SMILES string of the molecule is Cc1cccc(NC(=O)CNC(=O)Cn2cnc3sc(C)c(-c4ccccc4)c3c2=O)c1C. The van der Waals surface area contributed by atoms with Crippen molar-refractivity contribution in [2.24, 2.45) is 0 Å². The molecule has 2 N–H and O–H groups in total. The van der Waals surface area contributed by atoms with Crippen molar-refractivity contribution in [1.82, 2.24) is 14.9 Å². The Hall–Kier alpha value is -3.78. The highest BCUT2D eigenvalue weighted by Gasteiger charge is 2.18. The molecule has 2 aromatic heterocycles. The molecule has 2 aromatic carbocycles. The molecular weight excluding hydrogens is 436 g/mol. The van der Waals surface area contributed by atoms with Gasteiger partial charge in [0.15, 0.2) is 0 Å². The summed E-state index contributed by atoms with van der Waals surface area (Å²) in [5, 5.41) is 5.88.